The van der Waals surface area contributed by atoms with Gasteiger partial charge >= 0.3 is 0 Å². The molecule has 0 spiro atoms. The maximum atomic E-state index is 11.0. The van der Waals surface area contributed by atoms with Crippen LogP contribution >= 0.6 is 0 Å². The first-order valence-corrected chi connectivity index (χ1v) is 21.0. The van der Waals surface area contributed by atoms with Crippen molar-refractivity contribution < 1.29 is 48.8 Å². The second-order valence-corrected chi connectivity index (χ2v) is 14.2. The fourth-order valence-corrected chi connectivity index (χ4v) is 5.64. The summed E-state index contributed by atoms with van der Waals surface area (Å²) in [7, 11) is 1.61. The summed E-state index contributed by atoms with van der Waals surface area (Å²) >= 11 is 0. The normalized spacial score (nSPS) is 9.38. The highest BCUT2D eigenvalue weighted by molar-refractivity contribution is 5.91. The van der Waals surface area contributed by atoms with E-state index in [1.165, 1.54) is 46.8 Å². The van der Waals surface area contributed by atoms with Crippen molar-refractivity contribution >= 4 is 58.0 Å². The van der Waals surface area contributed by atoms with Crippen molar-refractivity contribution in [3.63, 3.8) is 0 Å². The molecule has 0 aliphatic rings. The number of nitrogens with one attached hydrogen (secondary N) is 5. The first-order valence-electron chi connectivity index (χ1n) is 21.0. The highest BCUT2D eigenvalue weighted by Gasteiger charge is 2.09. The molecule has 0 saturated carbocycles. The molecule has 0 heterocycles. The van der Waals surface area contributed by atoms with Gasteiger partial charge in [-0.2, -0.15) is 0 Å². The van der Waals surface area contributed by atoms with E-state index < -0.39 is 0 Å². The number of aromatic hydroxyl groups is 3. The number of hydrogen-bond acceptors (Lipinski definition) is 10. The number of methoxy groups -OCH3 is 1. The van der Waals surface area contributed by atoms with E-state index in [4.69, 9.17) is 14.6 Å². The summed E-state index contributed by atoms with van der Waals surface area (Å²) in [5.41, 5.74) is 5.80. The number of phenolic OH excluding ortho intramolecular Hbond substituents is 3. The number of carbonyl (C=O) groups excluding carboxylic acids is 5. The molecule has 5 rings (SSSR count). The largest absolute Gasteiger partial charge is 0.508 e. The number of benzene rings is 5. The quantitative estimate of drug-likeness (QED) is 0.0464. The second kappa shape index (κ2) is 32.1. The number of hydrogen-bond donors (Lipinski definition) is 8. The Balaban J connectivity index is 0.000000426. The predicted octanol–water partition coefficient (Wildman–Crippen LogP) is 10.1. The van der Waals surface area contributed by atoms with Crippen LogP contribution in [0.4, 0.5) is 28.4 Å². The van der Waals surface area contributed by atoms with E-state index in [2.05, 4.69) is 52.9 Å². The van der Waals surface area contributed by atoms with Gasteiger partial charge in [-0.3, -0.25) is 24.0 Å². The van der Waals surface area contributed by atoms with Gasteiger partial charge < -0.3 is 51.4 Å². The lowest BCUT2D eigenvalue weighted by atomic mass is 10.1. The molecule has 0 unspecified atom stereocenters. The average molecular weight is 930 g/mol. The number of allylic oxidation sites excluding steroid dienone is 3. The smallest absolute Gasteiger partial charge is 0.221 e. The number of amides is 5. The maximum absolute atomic E-state index is 11.0. The summed E-state index contributed by atoms with van der Waals surface area (Å²) in [5.74, 6) is 1.36. The van der Waals surface area contributed by atoms with Crippen LogP contribution in [0.2, 0.25) is 0 Å². The molecular weight excluding hydrogens is 867 g/mol. The molecule has 0 fully saturated rings. The Bertz CT molecular complexity index is 2480. The van der Waals surface area contributed by atoms with E-state index in [-0.39, 0.29) is 46.8 Å². The zero-order valence-electron chi connectivity index (χ0n) is 39.5. The third-order valence-electron chi connectivity index (χ3n) is 8.28. The Morgan fingerprint density at radius 1 is 0.500 bits per heavy atom. The summed E-state index contributed by atoms with van der Waals surface area (Å²) in [6.07, 6.45) is 8.66. The van der Waals surface area contributed by atoms with Gasteiger partial charge in [-0.1, -0.05) is 61.2 Å². The first kappa shape index (κ1) is 57.4. The van der Waals surface area contributed by atoms with Gasteiger partial charge in [0.1, 0.15) is 35.4 Å². The van der Waals surface area contributed by atoms with Gasteiger partial charge in [0.15, 0.2) is 0 Å². The molecule has 0 aliphatic carbocycles. The molecule has 360 valence electrons. The van der Waals surface area contributed by atoms with Crippen molar-refractivity contribution in [2.45, 2.75) is 53.9 Å². The lowest BCUT2D eigenvalue weighted by Crippen LogP contribution is -2.08. The summed E-state index contributed by atoms with van der Waals surface area (Å²) < 4.78 is 10.5. The second-order valence-electron chi connectivity index (χ2n) is 14.2. The Morgan fingerprint density at radius 2 is 0.971 bits per heavy atom. The Kier molecular flexibility index (Phi) is 27.1. The minimum Gasteiger partial charge on any atom is -0.508 e. The molecule has 5 aromatic rings. The van der Waals surface area contributed by atoms with Crippen LogP contribution in [-0.4, -0.2) is 58.6 Å². The number of anilines is 5. The number of ether oxygens (including phenoxy) is 2. The molecule has 0 aromatic heterocycles. The summed E-state index contributed by atoms with van der Waals surface area (Å²) in [6, 6.07) is 29.3. The summed E-state index contributed by atoms with van der Waals surface area (Å²) in [5, 5.41) is 41.3. The van der Waals surface area contributed by atoms with Gasteiger partial charge in [0.25, 0.3) is 0 Å². The molecule has 68 heavy (non-hydrogen) atoms. The minimum atomic E-state index is -0.152. The van der Waals surface area contributed by atoms with E-state index in [1.54, 1.807) is 86.0 Å². The molecule has 15 heteroatoms. The van der Waals surface area contributed by atoms with Crippen LogP contribution in [-0.2, 0) is 43.2 Å². The average Bonchev–Trinajstić information content (AvgIpc) is 3.26. The van der Waals surface area contributed by atoms with E-state index in [0.29, 0.717) is 48.5 Å². The molecular formula is C53H63N5O10. The van der Waals surface area contributed by atoms with Gasteiger partial charge in [0, 0.05) is 92.4 Å². The Morgan fingerprint density at radius 3 is 1.46 bits per heavy atom. The fraction of sp³-hybridized carbons (Fsp3) is 0.189. The number of carbonyl (C=O) groups is 5. The lowest BCUT2D eigenvalue weighted by molar-refractivity contribution is -0.115. The predicted molar refractivity (Wildman–Crippen MR) is 273 cm³/mol. The SMILES string of the molecule is C=CCOc1cccc(NC(C)=O)c1.C=CCc1c(NC(C)=O)cccc1OC.C=CCc1c(O)cccc1NC(C)=O.C=CCc1ccc(NC(C)=O)cc1O.CC(=O)Nc1cccc(O)c1. The third-order valence-corrected chi connectivity index (χ3v) is 8.28. The van der Waals surface area contributed by atoms with Gasteiger partial charge in [-0.05, 0) is 79.4 Å². The van der Waals surface area contributed by atoms with Gasteiger partial charge in [-0.15, -0.1) is 19.7 Å². The topological polar surface area (TPSA) is 225 Å². The van der Waals surface area contributed by atoms with E-state index >= 15 is 0 Å². The van der Waals surface area contributed by atoms with E-state index in [1.807, 2.05) is 36.4 Å². The summed E-state index contributed by atoms with van der Waals surface area (Å²) in [6.45, 7) is 22.1. The van der Waals surface area contributed by atoms with Gasteiger partial charge in [0.05, 0.1) is 7.11 Å². The van der Waals surface area contributed by atoms with E-state index in [9.17, 15) is 34.2 Å². The van der Waals surface area contributed by atoms with Gasteiger partial charge in [-0.25, -0.2) is 0 Å². The summed E-state index contributed by atoms with van der Waals surface area (Å²) in [4.78, 5) is 53.9. The van der Waals surface area contributed by atoms with Crippen molar-refractivity contribution in [3.8, 4) is 28.7 Å². The van der Waals surface area contributed by atoms with Crippen LogP contribution in [0.25, 0.3) is 0 Å². The fourth-order valence-electron chi connectivity index (χ4n) is 5.64. The molecule has 5 aromatic carbocycles. The molecule has 0 saturated heterocycles. The standard InChI is InChI=1S/C12H15NO2.3C11H13NO2.C8H9NO2/c1-4-6-10-11(13-9(2)14)7-5-8-12(10)15-3;1-3-7-14-11-6-4-5-10(8-11)12-9(2)13;1-3-5-9-10(12-8(2)13)6-4-7-11(9)14;1-3-4-9-5-6-10(7-11(9)14)12-8(2)13;1-6(10)9-7-3-2-4-8(11)5-7/h4-5,7-8H,1,6H2,2-3H3,(H,13,14);3-6,8H,1,7H2,2H3,(H,12,13);3-4,6-7,14H,1,5H2,2H3,(H,12,13);3,5-7,14H,1,4H2,2H3,(H,12,13);2-5,11H,1H3,(H,9,10). The Labute approximate surface area is 398 Å². The van der Waals surface area contributed by atoms with Crippen molar-refractivity contribution in [3.05, 3.63) is 170 Å². The monoisotopic (exact) mass is 929 g/mol. The van der Waals surface area contributed by atoms with Crippen LogP contribution < -0.4 is 36.1 Å². The van der Waals surface area contributed by atoms with Crippen LogP contribution in [0.3, 0.4) is 0 Å². The van der Waals surface area contributed by atoms with Crippen LogP contribution in [0.5, 0.6) is 28.7 Å². The molecule has 0 radical (unpaired) electrons. The number of phenols is 3. The molecule has 0 atom stereocenters. The van der Waals surface area contributed by atoms with Crippen LogP contribution in [0.1, 0.15) is 51.3 Å². The van der Waals surface area contributed by atoms with Crippen LogP contribution in [0.15, 0.2) is 154 Å². The van der Waals surface area contributed by atoms with Crippen molar-refractivity contribution in [1.29, 1.82) is 0 Å². The zero-order chi connectivity index (χ0) is 51.0. The molecule has 5 amide bonds. The number of rotatable bonds is 15. The van der Waals surface area contributed by atoms with Crippen molar-refractivity contribution in [2.24, 2.45) is 0 Å². The molecule has 0 aliphatic heterocycles. The Hall–Kier alpha value is -8.59. The molecule has 0 bridgehead atoms. The lowest BCUT2D eigenvalue weighted by Gasteiger charge is -2.12. The highest BCUT2D eigenvalue weighted by Crippen LogP contribution is 2.28. The first-order chi connectivity index (χ1) is 32.4. The minimum absolute atomic E-state index is 0.0893. The maximum Gasteiger partial charge on any atom is 0.221 e. The van der Waals surface area contributed by atoms with Crippen molar-refractivity contribution in [2.75, 3.05) is 40.3 Å². The molecule has 15 nitrogen and oxygen atoms in total. The zero-order valence-corrected chi connectivity index (χ0v) is 39.5. The third kappa shape index (κ3) is 23.9. The van der Waals surface area contributed by atoms with Crippen LogP contribution in [0, 0.1) is 0 Å². The highest BCUT2D eigenvalue weighted by atomic mass is 16.5. The van der Waals surface area contributed by atoms with Gasteiger partial charge in [0.2, 0.25) is 29.5 Å². The molecule has 8 N–H and O–H groups in total. The van der Waals surface area contributed by atoms with Crippen molar-refractivity contribution in [1.82, 2.24) is 0 Å². The van der Waals surface area contributed by atoms with E-state index in [0.717, 1.165) is 34.0 Å².